The molecule has 1 rings (SSSR count). The Morgan fingerprint density at radius 2 is 2.50 bits per heavy atom. The van der Waals surface area contributed by atoms with E-state index in [1.807, 2.05) is 0 Å². The number of hydrogen-bond acceptors (Lipinski definition) is 2. The van der Waals surface area contributed by atoms with Crippen molar-refractivity contribution >= 4 is 29.1 Å². The zero-order chi connectivity index (χ0) is 6.20. The average Bonchev–Trinajstić information content (AvgIpc) is 1.86. The molecule has 1 unspecified atom stereocenters. The topological polar surface area (TPSA) is 17.1 Å². The Kier molecular flexibility index (Phi) is 1.54. The molecule has 0 aromatic rings. The van der Waals surface area contributed by atoms with Crippen molar-refractivity contribution < 1.29 is 4.79 Å². The van der Waals surface area contributed by atoms with Gasteiger partial charge in [-0.15, -0.1) is 11.8 Å². The first kappa shape index (κ1) is 6.43. The van der Waals surface area contributed by atoms with E-state index in [2.05, 4.69) is 0 Å². The lowest BCUT2D eigenvalue weighted by Crippen LogP contribution is -2.17. The van der Waals surface area contributed by atoms with Crippen molar-refractivity contribution in [1.82, 2.24) is 0 Å². The van der Waals surface area contributed by atoms with Crippen LogP contribution in [0.2, 0.25) is 0 Å². The molecule has 1 atom stereocenters. The molecule has 1 saturated heterocycles. The van der Waals surface area contributed by atoms with Crippen LogP contribution >= 0.6 is 23.4 Å². The van der Waals surface area contributed by atoms with Gasteiger partial charge >= 0.3 is 0 Å². The van der Waals surface area contributed by atoms with Gasteiger partial charge < -0.3 is 0 Å². The number of thioether (sulfide) groups is 1. The summed E-state index contributed by atoms with van der Waals surface area (Å²) in [5.41, 5.74) is 0. The van der Waals surface area contributed by atoms with Gasteiger partial charge in [0, 0.05) is 12.2 Å². The smallest absolute Gasteiger partial charge is 0.164 e. The molecule has 0 aromatic carbocycles. The lowest BCUT2D eigenvalue weighted by atomic mass is 10.2. The van der Waals surface area contributed by atoms with Crippen LogP contribution in [0.25, 0.3) is 0 Å². The zero-order valence-electron chi connectivity index (χ0n) is 4.61. The van der Waals surface area contributed by atoms with Crippen molar-refractivity contribution in [3.05, 3.63) is 0 Å². The van der Waals surface area contributed by atoms with Crippen LogP contribution in [0.4, 0.5) is 0 Å². The van der Waals surface area contributed by atoms with E-state index in [9.17, 15) is 4.79 Å². The molecule has 0 aromatic heterocycles. The maximum absolute atomic E-state index is 10.7. The molecule has 1 heterocycles. The maximum Gasteiger partial charge on any atom is 0.164 e. The summed E-state index contributed by atoms with van der Waals surface area (Å²) < 4.78 is -0.597. The highest BCUT2D eigenvalue weighted by atomic mass is 35.5. The monoisotopic (exact) mass is 150 g/mol. The predicted octanol–water partition coefficient (Wildman–Crippen LogP) is 1.65. The largest absolute Gasteiger partial charge is 0.297 e. The fraction of sp³-hybridized carbons (Fsp3) is 0.800. The number of halogens is 1. The average molecular weight is 151 g/mol. The number of ketones is 1. The molecule has 46 valence electrons. The second kappa shape index (κ2) is 1.92. The second-order valence-electron chi connectivity index (χ2n) is 1.94. The number of Topliss-reactive ketones (excluding diaryl/α,β-unsaturated/α-hetero) is 1. The fourth-order valence-electron chi connectivity index (χ4n) is 0.639. The summed E-state index contributed by atoms with van der Waals surface area (Å²) in [5.74, 6) is 1.06. The van der Waals surface area contributed by atoms with Crippen LogP contribution in [-0.2, 0) is 4.79 Å². The van der Waals surface area contributed by atoms with Crippen molar-refractivity contribution in [2.45, 2.75) is 17.6 Å². The Morgan fingerprint density at radius 1 is 1.88 bits per heavy atom. The molecule has 0 amide bonds. The summed E-state index contributed by atoms with van der Waals surface area (Å²) in [7, 11) is 0. The lowest BCUT2D eigenvalue weighted by molar-refractivity contribution is -0.118. The van der Waals surface area contributed by atoms with E-state index in [0.29, 0.717) is 6.42 Å². The summed E-state index contributed by atoms with van der Waals surface area (Å²) >= 11 is 7.26. The molecule has 0 aliphatic carbocycles. The third-order valence-corrected chi connectivity index (χ3v) is 2.92. The van der Waals surface area contributed by atoms with Gasteiger partial charge in [-0.25, -0.2) is 0 Å². The van der Waals surface area contributed by atoms with Crippen LogP contribution < -0.4 is 0 Å². The number of hydrogen-bond donors (Lipinski definition) is 0. The van der Waals surface area contributed by atoms with E-state index in [1.165, 1.54) is 11.8 Å². The van der Waals surface area contributed by atoms with Gasteiger partial charge in [-0.3, -0.25) is 4.79 Å². The van der Waals surface area contributed by atoms with E-state index in [-0.39, 0.29) is 5.78 Å². The Bertz CT molecular complexity index is 122. The Labute approximate surface area is 57.8 Å². The Hall–Kier alpha value is 0.310. The highest BCUT2D eigenvalue weighted by Crippen LogP contribution is 2.37. The number of alkyl halides is 1. The maximum atomic E-state index is 10.7. The van der Waals surface area contributed by atoms with Crippen LogP contribution in [0.1, 0.15) is 13.3 Å². The molecule has 1 aliphatic rings. The van der Waals surface area contributed by atoms with Crippen LogP contribution in [0.3, 0.4) is 0 Å². The van der Waals surface area contributed by atoms with Crippen LogP contribution in [0.5, 0.6) is 0 Å². The van der Waals surface area contributed by atoms with Crippen molar-refractivity contribution in [3.8, 4) is 0 Å². The third-order valence-electron chi connectivity index (χ3n) is 1.20. The quantitative estimate of drug-likeness (QED) is 0.489. The minimum atomic E-state index is -0.597. The van der Waals surface area contributed by atoms with Gasteiger partial charge in [0.25, 0.3) is 0 Å². The molecule has 0 N–H and O–H groups in total. The number of rotatable bonds is 0. The van der Waals surface area contributed by atoms with Crippen LogP contribution in [0, 0.1) is 0 Å². The molecule has 8 heavy (non-hydrogen) atoms. The summed E-state index contributed by atoms with van der Waals surface area (Å²) in [6, 6.07) is 0. The minimum Gasteiger partial charge on any atom is -0.297 e. The molecule has 1 aliphatic heterocycles. The Morgan fingerprint density at radius 3 is 2.62 bits per heavy atom. The van der Waals surface area contributed by atoms with Gasteiger partial charge in [-0.05, 0) is 6.92 Å². The fourth-order valence-corrected chi connectivity index (χ4v) is 1.90. The van der Waals surface area contributed by atoms with Crippen molar-refractivity contribution in [1.29, 1.82) is 0 Å². The second-order valence-corrected chi connectivity index (χ2v) is 4.43. The molecule has 0 radical (unpaired) electrons. The van der Waals surface area contributed by atoms with E-state index >= 15 is 0 Å². The van der Waals surface area contributed by atoms with Gasteiger partial charge in [0.15, 0.2) is 5.78 Å². The van der Waals surface area contributed by atoms with Crippen molar-refractivity contribution in [2.75, 3.05) is 5.75 Å². The minimum absolute atomic E-state index is 0.171. The first-order chi connectivity index (χ1) is 3.63. The summed E-state index contributed by atoms with van der Waals surface area (Å²) in [5, 5.41) is 0. The number of carbonyl (C=O) groups excluding carboxylic acids is 1. The molecule has 3 heteroatoms. The molecule has 0 saturated carbocycles. The SMILES string of the molecule is CC1(Cl)SCCC1=O. The summed E-state index contributed by atoms with van der Waals surface area (Å²) in [6.45, 7) is 1.76. The van der Waals surface area contributed by atoms with Gasteiger partial charge in [-0.1, -0.05) is 11.6 Å². The van der Waals surface area contributed by atoms with E-state index in [1.54, 1.807) is 6.92 Å². The standard InChI is InChI=1S/C5H7ClOS/c1-5(6)4(7)2-3-8-5/h2-3H2,1H3. The van der Waals surface area contributed by atoms with E-state index in [4.69, 9.17) is 11.6 Å². The molecule has 1 fully saturated rings. The van der Waals surface area contributed by atoms with Crippen molar-refractivity contribution in [2.24, 2.45) is 0 Å². The van der Waals surface area contributed by atoms with E-state index < -0.39 is 4.21 Å². The molecule has 0 spiro atoms. The molecular formula is C5H7ClOS. The summed E-state index contributed by atoms with van der Waals surface area (Å²) in [4.78, 5) is 10.7. The first-order valence-corrected chi connectivity index (χ1v) is 3.85. The third kappa shape index (κ3) is 1.00. The highest BCUT2D eigenvalue weighted by molar-refractivity contribution is 8.03. The lowest BCUT2D eigenvalue weighted by Gasteiger charge is -2.08. The van der Waals surface area contributed by atoms with Gasteiger partial charge in [0.1, 0.15) is 4.21 Å². The molecule has 1 nitrogen and oxygen atoms in total. The first-order valence-electron chi connectivity index (χ1n) is 2.49. The normalized spacial score (nSPS) is 38.5. The van der Waals surface area contributed by atoms with Gasteiger partial charge in [0.05, 0.1) is 0 Å². The van der Waals surface area contributed by atoms with E-state index in [0.717, 1.165) is 5.75 Å². The Balaban J connectivity index is 2.68. The van der Waals surface area contributed by atoms with Crippen LogP contribution in [-0.4, -0.2) is 15.7 Å². The van der Waals surface area contributed by atoms with Crippen LogP contribution in [0.15, 0.2) is 0 Å². The van der Waals surface area contributed by atoms with Crippen molar-refractivity contribution in [3.63, 3.8) is 0 Å². The molecule has 0 bridgehead atoms. The highest BCUT2D eigenvalue weighted by Gasteiger charge is 2.35. The number of carbonyl (C=O) groups is 1. The zero-order valence-corrected chi connectivity index (χ0v) is 6.18. The van der Waals surface area contributed by atoms with Gasteiger partial charge in [0.2, 0.25) is 0 Å². The summed E-state index contributed by atoms with van der Waals surface area (Å²) in [6.07, 6.45) is 0.644. The predicted molar refractivity (Wildman–Crippen MR) is 36.3 cm³/mol. The molecular weight excluding hydrogens is 144 g/mol. The van der Waals surface area contributed by atoms with Gasteiger partial charge in [-0.2, -0.15) is 0 Å².